The number of amides is 1. The number of rotatable bonds is 5. The highest BCUT2D eigenvalue weighted by Gasteiger charge is 2.17. The Kier molecular flexibility index (Phi) is 5.55. The summed E-state index contributed by atoms with van der Waals surface area (Å²) in [6.45, 7) is 2.14. The SMILES string of the molecule is C[C@@H](Oc1ccc2c(c1)CCC2)C(=O)NNC(=S)NCc1ccco1. The zero-order valence-electron chi connectivity index (χ0n) is 14.0. The molecular weight excluding hydrogens is 338 g/mol. The van der Waals surface area contributed by atoms with Gasteiger partial charge in [-0.25, -0.2) is 0 Å². The van der Waals surface area contributed by atoms with Crippen molar-refractivity contribution in [2.75, 3.05) is 0 Å². The van der Waals surface area contributed by atoms with Crippen LogP contribution in [0.1, 0.15) is 30.2 Å². The van der Waals surface area contributed by atoms with Crippen molar-refractivity contribution in [3.05, 3.63) is 53.5 Å². The zero-order valence-corrected chi connectivity index (χ0v) is 14.8. The van der Waals surface area contributed by atoms with Crippen LogP contribution < -0.4 is 20.9 Å². The lowest BCUT2D eigenvalue weighted by atomic mass is 10.1. The monoisotopic (exact) mass is 359 g/mol. The van der Waals surface area contributed by atoms with E-state index in [-0.39, 0.29) is 5.91 Å². The summed E-state index contributed by atoms with van der Waals surface area (Å²) in [7, 11) is 0. The number of carbonyl (C=O) groups excluding carboxylic acids is 1. The van der Waals surface area contributed by atoms with Crippen LogP contribution >= 0.6 is 12.2 Å². The molecule has 1 aromatic heterocycles. The van der Waals surface area contributed by atoms with Crippen molar-refractivity contribution in [1.82, 2.24) is 16.2 Å². The van der Waals surface area contributed by atoms with Gasteiger partial charge in [0.15, 0.2) is 11.2 Å². The molecule has 0 fully saturated rings. The maximum absolute atomic E-state index is 12.1. The summed E-state index contributed by atoms with van der Waals surface area (Å²) in [5.74, 6) is 1.16. The van der Waals surface area contributed by atoms with Gasteiger partial charge >= 0.3 is 0 Å². The predicted molar refractivity (Wildman–Crippen MR) is 98.0 cm³/mol. The van der Waals surface area contributed by atoms with Crippen molar-refractivity contribution in [3.8, 4) is 5.75 Å². The molecule has 25 heavy (non-hydrogen) atoms. The molecule has 1 heterocycles. The van der Waals surface area contributed by atoms with Crippen molar-refractivity contribution in [2.24, 2.45) is 0 Å². The Morgan fingerprint density at radius 2 is 2.12 bits per heavy atom. The number of nitrogens with one attached hydrogen (secondary N) is 3. The fourth-order valence-corrected chi connectivity index (χ4v) is 2.85. The summed E-state index contributed by atoms with van der Waals surface area (Å²) in [6, 6.07) is 9.65. The fourth-order valence-electron chi connectivity index (χ4n) is 2.72. The molecular formula is C18H21N3O3S. The first-order valence-electron chi connectivity index (χ1n) is 8.26. The lowest BCUT2D eigenvalue weighted by Crippen LogP contribution is -2.50. The molecule has 3 rings (SSSR count). The molecule has 0 spiro atoms. The lowest BCUT2D eigenvalue weighted by molar-refractivity contribution is -0.127. The number of hydrogen-bond donors (Lipinski definition) is 3. The average molecular weight is 359 g/mol. The van der Waals surface area contributed by atoms with Crippen LogP contribution in [-0.4, -0.2) is 17.1 Å². The third kappa shape index (κ3) is 4.73. The summed E-state index contributed by atoms with van der Waals surface area (Å²) >= 11 is 5.10. The van der Waals surface area contributed by atoms with E-state index < -0.39 is 6.10 Å². The molecule has 1 aliphatic rings. The zero-order chi connectivity index (χ0) is 17.6. The molecule has 1 aromatic carbocycles. The Hall–Kier alpha value is -2.54. The number of fused-ring (bicyclic) bond motifs is 1. The number of furan rings is 1. The summed E-state index contributed by atoms with van der Waals surface area (Å²) in [4.78, 5) is 12.1. The molecule has 0 saturated heterocycles. The van der Waals surface area contributed by atoms with Gasteiger partial charge < -0.3 is 14.5 Å². The average Bonchev–Trinajstić information content (AvgIpc) is 3.28. The first-order chi connectivity index (χ1) is 12.1. The predicted octanol–water partition coefficient (Wildman–Crippen LogP) is 2.23. The van der Waals surface area contributed by atoms with E-state index in [9.17, 15) is 4.79 Å². The van der Waals surface area contributed by atoms with Gasteiger partial charge in [0.05, 0.1) is 12.8 Å². The minimum Gasteiger partial charge on any atom is -0.481 e. The number of aryl methyl sites for hydroxylation is 2. The van der Waals surface area contributed by atoms with E-state index in [2.05, 4.69) is 22.2 Å². The second kappa shape index (κ2) is 8.02. The topological polar surface area (TPSA) is 75.5 Å². The Balaban J connectivity index is 1.42. The van der Waals surface area contributed by atoms with E-state index in [4.69, 9.17) is 21.4 Å². The van der Waals surface area contributed by atoms with Gasteiger partial charge in [-0.1, -0.05) is 6.07 Å². The van der Waals surface area contributed by atoms with Gasteiger partial charge in [-0.3, -0.25) is 15.6 Å². The number of hydrazine groups is 1. The van der Waals surface area contributed by atoms with Crippen molar-refractivity contribution in [3.63, 3.8) is 0 Å². The molecule has 0 bridgehead atoms. The largest absolute Gasteiger partial charge is 0.481 e. The quantitative estimate of drug-likeness (QED) is 0.561. The third-order valence-corrected chi connectivity index (χ3v) is 4.30. The number of hydrogen-bond acceptors (Lipinski definition) is 4. The standard InChI is InChI=1S/C18H21N3O3S/c1-12(24-15-8-7-13-4-2-5-14(13)10-15)17(22)20-21-18(25)19-11-16-6-3-9-23-16/h3,6-10,12H,2,4-5,11H2,1H3,(H,20,22)(H2,19,21,25)/t12-/m1/s1. The molecule has 3 N–H and O–H groups in total. The van der Waals surface area contributed by atoms with Crippen LogP contribution in [0, 0.1) is 0 Å². The summed E-state index contributed by atoms with van der Waals surface area (Å²) in [5.41, 5.74) is 7.87. The van der Waals surface area contributed by atoms with Crippen LogP contribution in [0.2, 0.25) is 0 Å². The lowest BCUT2D eigenvalue weighted by Gasteiger charge is -2.17. The maximum atomic E-state index is 12.1. The normalized spacial score (nSPS) is 13.6. The van der Waals surface area contributed by atoms with Gasteiger partial charge in [0, 0.05) is 0 Å². The second-order valence-electron chi connectivity index (χ2n) is 5.92. The van der Waals surface area contributed by atoms with Gasteiger partial charge in [0.1, 0.15) is 11.5 Å². The van der Waals surface area contributed by atoms with Crippen LogP contribution in [0.3, 0.4) is 0 Å². The molecule has 132 valence electrons. The summed E-state index contributed by atoms with van der Waals surface area (Å²) in [5, 5.41) is 3.23. The second-order valence-corrected chi connectivity index (χ2v) is 6.33. The molecule has 6 nitrogen and oxygen atoms in total. The van der Waals surface area contributed by atoms with E-state index in [1.165, 1.54) is 17.5 Å². The van der Waals surface area contributed by atoms with Crippen molar-refractivity contribution >= 4 is 23.2 Å². The number of ether oxygens (including phenoxy) is 1. The van der Waals surface area contributed by atoms with Crippen LogP contribution in [0.5, 0.6) is 5.75 Å². The third-order valence-electron chi connectivity index (χ3n) is 4.05. The van der Waals surface area contributed by atoms with Crippen LogP contribution in [0.25, 0.3) is 0 Å². The number of thiocarbonyl (C=S) groups is 1. The highest BCUT2D eigenvalue weighted by Crippen LogP contribution is 2.26. The first kappa shape index (κ1) is 17.3. The molecule has 0 unspecified atom stereocenters. The maximum Gasteiger partial charge on any atom is 0.279 e. The van der Waals surface area contributed by atoms with Crippen molar-refractivity contribution in [1.29, 1.82) is 0 Å². The fraction of sp³-hybridized carbons (Fsp3) is 0.333. The molecule has 0 radical (unpaired) electrons. The summed E-state index contributed by atoms with van der Waals surface area (Å²) in [6.07, 6.45) is 4.33. The van der Waals surface area contributed by atoms with Crippen LogP contribution in [-0.2, 0) is 24.2 Å². The van der Waals surface area contributed by atoms with E-state index in [0.717, 1.165) is 18.6 Å². The van der Waals surface area contributed by atoms with Crippen LogP contribution in [0.15, 0.2) is 41.0 Å². The van der Waals surface area contributed by atoms with E-state index in [1.54, 1.807) is 19.3 Å². The Bertz CT molecular complexity index is 746. The van der Waals surface area contributed by atoms with Gasteiger partial charge in [0.2, 0.25) is 0 Å². The Labute approximate surface area is 151 Å². The molecule has 1 atom stereocenters. The van der Waals surface area contributed by atoms with Gasteiger partial charge in [-0.2, -0.15) is 0 Å². The molecule has 1 aliphatic carbocycles. The van der Waals surface area contributed by atoms with Crippen molar-refractivity contribution in [2.45, 2.75) is 38.8 Å². The Morgan fingerprint density at radius 1 is 1.28 bits per heavy atom. The highest BCUT2D eigenvalue weighted by molar-refractivity contribution is 7.80. The first-order valence-corrected chi connectivity index (χ1v) is 8.67. The Morgan fingerprint density at radius 3 is 2.92 bits per heavy atom. The molecule has 2 aromatic rings. The summed E-state index contributed by atoms with van der Waals surface area (Å²) < 4.78 is 10.9. The molecule has 7 heteroatoms. The van der Waals surface area contributed by atoms with Gasteiger partial charge in [-0.15, -0.1) is 0 Å². The minimum atomic E-state index is -0.639. The van der Waals surface area contributed by atoms with Gasteiger partial charge in [-0.05, 0) is 73.8 Å². The number of carbonyl (C=O) groups is 1. The van der Waals surface area contributed by atoms with Crippen molar-refractivity contribution < 1.29 is 13.9 Å². The van der Waals surface area contributed by atoms with Crippen LogP contribution in [0.4, 0.5) is 0 Å². The molecule has 0 saturated carbocycles. The van der Waals surface area contributed by atoms with E-state index in [0.29, 0.717) is 17.4 Å². The van der Waals surface area contributed by atoms with E-state index in [1.807, 2.05) is 18.2 Å². The smallest absolute Gasteiger partial charge is 0.279 e. The highest BCUT2D eigenvalue weighted by atomic mass is 32.1. The molecule has 0 aliphatic heterocycles. The molecule has 1 amide bonds. The van der Waals surface area contributed by atoms with Gasteiger partial charge in [0.25, 0.3) is 5.91 Å². The number of benzene rings is 1. The minimum absolute atomic E-state index is 0.300. The van der Waals surface area contributed by atoms with E-state index >= 15 is 0 Å².